The summed E-state index contributed by atoms with van der Waals surface area (Å²) in [5.74, 6) is 2.77. The molecule has 0 aliphatic heterocycles. The van der Waals surface area contributed by atoms with Gasteiger partial charge in [0.2, 0.25) is 0 Å². The molecule has 0 atom stereocenters. The molecule has 0 unspecified atom stereocenters. The van der Waals surface area contributed by atoms with E-state index < -0.39 is 0 Å². The summed E-state index contributed by atoms with van der Waals surface area (Å²) in [6.07, 6.45) is 15.2. The van der Waals surface area contributed by atoms with Gasteiger partial charge in [-0.15, -0.1) is 0 Å². The molecule has 24 heavy (non-hydrogen) atoms. The van der Waals surface area contributed by atoms with Crippen molar-refractivity contribution in [2.75, 3.05) is 0 Å². The Hall–Kier alpha value is -1.11. The zero-order chi connectivity index (χ0) is 18.5. The molecular weight excluding hydrogens is 292 g/mol. The van der Waals surface area contributed by atoms with E-state index in [1.807, 2.05) is 26.0 Å². The fraction of sp³-hybridized carbons (Fsp3) is 0.696. The van der Waals surface area contributed by atoms with Crippen LogP contribution in [0.5, 0.6) is 0 Å². The van der Waals surface area contributed by atoms with Crippen LogP contribution >= 0.6 is 0 Å². The molecule has 0 spiro atoms. The van der Waals surface area contributed by atoms with Gasteiger partial charge < -0.3 is 0 Å². The SMILES string of the molecule is C=C(/C=C\C=C/CC)CC.CC(C)C(=O)C1CCC(C(C)C)CC1. The minimum atomic E-state index is 0.232. The van der Waals surface area contributed by atoms with Crippen molar-refractivity contribution in [3.63, 3.8) is 0 Å². The van der Waals surface area contributed by atoms with Gasteiger partial charge in [-0.3, -0.25) is 4.79 Å². The lowest BCUT2D eigenvalue weighted by atomic mass is 9.74. The van der Waals surface area contributed by atoms with Crippen LogP contribution in [-0.2, 0) is 4.79 Å². The van der Waals surface area contributed by atoms with Crippen LogP contribution < -0.4 is 0 Å². The van der Waals surface area contributed by atoms with Crippen molar-refractivity contribution in [2.45, 2.75) is 80.1 Å². The van der Waals surface area contributed by atoms with Crippen molar-refractivity contribution in [3.8, 4) is 0 Å². The molecule has 1 rings (SSSR count). The van der Waals surface area contributed by atoms with E-state index in [2.05, 4.69) is 46.4 Å². The fourth-order valence-electron chi connectivity index (χ4n) is 3.07. The molecule has 1 fully saturated rings. The lowest BCUT2D eigenvalue weighted by molar-refractivity contribution is -0.127. The Morgan fingerprint density at radius 3 is 2.04 bits per heavy atom. The molecule has 1 nitrogen and oxygen atoms in total. The van der Waals surface area contributed by atoms with Crippen LogP contribution in [0.15, 0.2) is 36.5 Å². The molecule has 0 N–H and O–H groups in total. The Bertz CT molecular complexity index is 404. The summed E-state index contributed by atoms with van der Waals surface area (Å²) in [5.41, 5.74) is 1.18. The second kappa shape index (κ2) is 13.2. The Kier molecular flexibility index (Phi) is 12.6. The molecule has 0 amide bonds. The smallest absolute Gasteiger partial charge is 0.138 e. The fourth-order valence-corrected chi connectivity index (χ4v) is 3.07. The molecule has 0 saturated heterocycles. The van der Waals surface area contributed by atoms with Gasteiger partial charge in [0, 0.05) is 11.8 Å². The van der Waals surface area contributed by atoms with E-state index in [1.54, 1.807) is 0 Å². The van der Waals surface area contributed by atoms with E-state index in [0.717, 1.165) is 37.5 Å². The molecule has 0 bridgehead atoms. The Labute approximate surface area is 151 Å². The molecule has 0 aromatic carbocycles. The highest BCUT2D eigenvalue weighted by Gasteiger charge is 2.28. The quantitative estimate of drug-likeness (QED) is 0.452. The summed E-state index contributed by atoms with van der Waals surface area (Å²) in [6, 6.07) is 0. The highest BCUT2D eigenvalue weighted by molar-refractivity contribution is 5.82. The maximum Gasteiger partial charge on any atom is 0.138 e. The highest BCUT2D eigenvalue weighted by Crippen LogP contribution is 2.34. The molecule has 1 heteroatoms. The summed E-state index contributed by atoms with van der Waals surface area (Å²) in [4.78, 5) is 11.8. The maximum absolute atomic E-state index is 11.8. The maximum atomic E-state index is 11.8. The minimum absolute atomic E-state index is 0.232. The van der Waals surface area contributed by atoms with Crippen LogP contribution in [0.2, 0.25) is 0 Å². The van der Waals surface area contributed by atoms with Gasteiger partial charge in [-0.2, -0.15) is 0 Å². The Morgan fingerprint density at radius 2 is 1.62 bits per heavy atom. The predicted molar refractivity (Wildman–Crippen MR) is 108 cm³/mol. The van der Waals surface area contributed by atoms with Crippen LogP contribution in [-0.4, -0.2) is 5.78 Å². The standard InChI is InChI=1S/C13H24O.C10H16/c1-9(2)11-5-7-12(8-6-11)13(14)10(3)4;1-4-6-7-8-9-10(3)5-2/h9-12H,5-8H2,1-4H3;6-9H,3-5H2,1-2H3/b;7-6-,9-8-. The van der Waals surface area contributed by atoms with Gasteiger partial charge in [-0.1, -0.05) is 78.0 Å². The number of rotatable bonds is 7. The number of carbonyl (C=O) groups is 1. The zero-order valence-electron chi connectivity index (χ0n) is 17.0. The molecule has 0 aromatic rings. The molecule has 0 heterocycles. The first-order valence-corrected chi connectivity index (χ1v) is 9.88. The first-order chi connectivity index (χ1) is 11.3. The second-order valence-corrected chi connectivity index (χ2v) is 7.62. The third-order valence-corrected chi connectivity index (χ3v) is 4.95. The summed E-state index contributed by atoms with van der Waals surface area (Å²) in [6.45, 7) is 16.7. The van der Waals surface area contributed by atoms with Gasteiger partial charge in [0.25, 0.3) is 0 Å². The number of Topliss-reactive ketones (excluding diaryl/α,β-unsaturated/α-hetero) is 1. The minimum Gasteiger partial charge on any atom is -0.299 e. The van der Waals surface area contributed by atoms with Gasteiger partial charge in [0.15, 0.2) is 0 Å². The predicted octanol–water partition coefficient (Wildman–Crippen LogP) is 7.15. The van der Waals surface area contributed by atoms with Gasteiger partial charge in [-0.25, -0.2) is 0 Å². The van der Waals surface area contributed by atoms with Gasteiger partial charge in [0.1, 0.15) is 5.78 Å². The zero-order valence-corrected chi connectivity index (χ0v) is 17.0. The summed E-state index contributed by atoms with van der Waals surface area (Å²) in [7, 11) is 0. The average molecular weight is 333 g/mol. The van der Waals surface area contributed by atoms with Crippen molar-refractivity contribution < 1.29 is 4.79 Å². The largest absolute Gasteiger partial charge is 0.299 e. The summed E-state index contributed by atoms with van der Waals surface area (Å²) in [5, 5.41) is 0. The lowest BCUT2D eigenvalue weighted by Crippen LogP contribution is -2.26. The topological polar surface area (TPSA) is 17.1 Å². The molecule has 1 saturated carbocycles. The second-order valence-electron chi connectivity index (χ2n) is 7.62. The summed E-state index contributed by atoms with van der Waals surface area (Å²) < 4.78 is 0. The van der Waals surface area contributed by atoms with E-state index in [1.165, 1.54) is 18.4 Å². The monoisotopic (exact) mass is 332 g/mol. The van der Waals surface area contributed by atoms with Crippen molar-refractivity contribution in [2.24, 2.45) is 23.7 Å². The van der Waals surface area contributed by atoms with Gasteiger partial charge in [0.05, 0.1) is 0 Å². The van der Waals surface area contributed by atoms with Crippen LogP contribution in [0, 0.1) is 23.7 Å². The van der Waals surface area contributed by atoms with Crippen molar-refractivity contribution >= 4 is 5.78 Å². The van der Waals surface area contributed by atoms with E-state index in [9.17, 15) is 4.79 Å². The number of ketones is 1. The normalized spacial score (nSPS) is 21.3. The third-order valence-electron chi connectivity index (χ3n) is 4.95. The molecule has 138 valence electrons. The van der Waals surface area contributed by atoms with E-state index in [0.29, 0.717) is 11.7 Å². The molecule has 0 aromatic heterocycles. The van der Waals surface area contributed by atoms with Gasteiger partial charge >= 0.3 is 0 Å². The number of allylic oxidation sites excluding steroid dienone is 5. The van der Waals surface area contributed by atoms with Crippen molar-refractivity contribution in [1.82, 2.24) is 0 Å². The number of hydrogen-bond acceptors (Lipinski definition) is 1. The molecule has 0 radical (unpaired) electrons. The lowest BCUT2D eigenvalue weighted by Gasteiger charge is -2.30. The van der Waals surface area contributed by atoms with Crippen LogP contribution in [0.4, 0.5) is 0 Å². The first kappa shape index (κ1) is 22.9. The number of hydrogen-bond donors (Lipinski definition) is 0. The van der Waals surface area contributed by atoms with Crippen molar-refractivity contribution in [3.05, 3.63) is 36.5 Å². The Morgan fingerprint density at radius 1 is 1.04 bits per heavy atom. The first-order valence-electron chi connectivity index (χ1n) is 9.88. The summed E-state index contributed by atoms with van der Waals surface area (Å²) >= 11 is 0. The van der Waals surface area contributed by atoms with Crippen LogP contribution in [0.25, 0.3) is 0 Å². The van der Waals surface area contributed by atoms with Crippen LogP contribution in [0.1, 0.15) is 80.1 Å². The number of carbonyl (C=O) groups excluding carboxylic acids is 1. The average Bonchev–Trinajstić information content (AvgIpc) is 2.58. The molecule has 1 aliphatic carbocycles. The van der Waals surface area contributed by atoms with Crippen LogP contribution in [0.3, 0.4) is 0 Å². The van der Waals surface area contributed by atoms with E-state index in [4.69, 9.17) is 0 Å². The Balaban J connectivity index is 0.000000470. The third kappa shape index (κ3) is 9.90. The van der Waals surface area contributed by atoms with E-state index in [-0.39, 0.29) is 5.92 Å². The molecular formula is C23H40O. The molecule has 1 aliphatic rings. The van der Waals surface area contributed by atoms with Crippen molar-refractivity contribution in [1.29, 1.82) is 0 Å². The van der Waals surface area contributed by atoms with E-state index >= 15 is 0 Å². The highest BCUT2D eigenvalue weighted by atomic mass is 16.1. The van der Waals surface area contributed by atoms with Gasteiger partial charge in [-0.05, 0) is 50.4 Å².